The fraction of sp³-hybridized carbons (Fsp3) is 0.750. The largest absolute Gasteiger partial charge is 0.481 e. The van der Waals surface area contributed by atoms with E-state index in [1.165, 1.54) is 0 Å². The average Bonchev–Trinajstić information content (AvgIpc) is 2.93. The van der Waals surface area contributed by atoms with E-state index in [2.05, 4.69) is 0 Å². The molecule has 0 heterocycles. The zero-order chi connectivity index (χ0) is 18.7. The van der Waals surface area contributed by atoms with E-state index in [0.717, 1.165) is 32.1 Å². The number of alkyl halides is 1. The van der Waals surface area contributed by atoms with E-state index in [-0.39, 0.29) is 24.4 Å². The van der Waals surface area contributed by atoms with Crippen LogP contribution in [0.2, 0.25) is 0 Å². The molecular formula is C20H33FO4. The van der Waals surface area contributed by atoms with Gasteiger partial charge in [-0.2, -0.15) is 0 Å². The van der Waals surface area contributed by atoms with Crippen LogP contribution in [0.3, 0.4) is 0 Å². The molecule has 0 aromatic carbocycles. The lowest BCUT2D eigenvalue weighted by Crippen LogP contribution is -2.21. The molecule has 5 heteroatoms. The van der Waals surface area contributed by atoms with E-state index >= 15 is 0 Å². The number of aliphatic hydroxyl groups is 2. The minimum atomic E-state index is -1.23. The first kappa shape index (κ1) is 21.8. The topological polar surface area (TPSA) is 77.8 Å². The third kappa shape index (κ3) is 8.63. The molecule has 0 spiro atoms. The molecule has 1 aliphatic rings. The summed E-state index contributed by atoms with van der Waals surface area (Å²) in [5.41, 5.74) is 0. The molecule has 1 saturated carbocycles. The van der Waals surface area contributed by atoms with Crippen LogP contribution in [0.5, 0.6) is 0 Å². The minimum Gasteiger partial charge on any atom is -0.481 e. The van der Waals surface area contributed by atoms with Gasteiger partial charge in [0, 0.05) is 6.42 Å². The van der Waals surface area contributed by atoms with E-state index in [0.29, 0.717) is 19.3 Å². The predicted octanol–water partition coefficient (Wildman–Crippen LogP) is 4.02. The minimum absolute atomic E-state index is 0.0767. The van der Waals surface area contributed by atoms with Crippen molar-refractivity contribution in [3.05, 3.63) is 24.3 Å². The molecule has 144 valence electrons. The highest BCUT2D eigenvalue weighted by molar-refractivity contribution is 5.66. The van der Waals surface area contributed by atoms with Gasteiger partial charge >= 0.3 is 5.97 Å². The normalized spacial score (nSPS) is 26.5. The van der Waals surface area contributed by atoms with Crippen LogP contribution < -0.4 is 0 Å². The maximum Gasteiger partial charge on any atom is 0.303 e. The summed E-state index contributed by atoms with van der Waals surface area (Å²) in [4.78, 5) is 10.4. The summed E-state index contributed by atoms with van der Waals surface area (Å²) in [6.07, 6.45) is 10.5. The number of unbranched alkanes of at least 4 members (excludes halogenated alkanes) is 2. The maximum atomic E-state index is 13.8. The van der Waals surface area contributed by atoms with Crippen molar-refractivity contribution in [2.45, 2.75) is 83.1 Å². The molecule has 0 aromatic heterocycles. The van der Waals surface area contributed by atoms with E-state index in [1.54, 1.807) is 6.08 Å². The van der Waals surface area contributed by atoms with Gasteiger partial charge in [-0.25, -0.2) is 4.39 Å². The van der Waals surface area contributed by atoms with Crippen molar-refractivity contribution in [1.82, 2.24) is 0 Å². The molecule has 0 bridgehead atoms. The zero-order valence-corrected chi connectivity index (χ0v) is 15.2. The van der Waals surface area contributed by atoms with Crippen LogP contribution in [0.1, 0.15) is 64.7 Å². The molecule has 0 aromatic rings. The summed E-state index contributed by atoms with van der Waals surface area (Å²) < 4.78 is 13.8. The fourth-order valence-corrected chi connectivity index (χ4v) is 3.34. The number of carbonyl (C=O) groups is 1. The maximum absolute atomic E-state index is 13.8. The predicted molar refractivity (Wildman–Crippen MR) is 97.0 cm³/mol. The SMILES string of the molecule is CCCCC(F)[C@H](O)C=C[C@H]1CC[C@H](O)[C@@H]1CC=CCCCC(=O)O. The van der Waals surface area contributed by atoms with Gasteiger partial charge in [-0.05, 0) is 50.4 Å². The molecule has 1 fully saturated rings. The second kappa shape index (κ2) is 12.2. The Hall–Kier alpha value is -1.20. The van der Waals surface area contributed by atoms with Gasteiger partial charge in [0.25, 0.3) is 0 Å². The number of hydrogen-bond donors (Lipinski definition) is 3. The number of carboxylic acids is 1. The van der Waals surface area contributed by atoms with Crippen molar-refractivity contribution in [3.8, 4) is 0 Å². The van der Waals surface area contributed by atoms with Gasteiger partial charge in [0.2, 0.25) is 0 Å². The molecule has 1 rings (SSSR count). The lowest BCUT2D eigenvalue weighted by Gasteiger charge is -2.19. The number of allylic oxidation sites excluding steroid dienone is 3. The van der Waals surface area contributed by atoms with E-state index in [1.807, 2.05) is 25.2 Å². The van der Waals surface area contributed by atoms with Crippen LogP contribution in [0.4, 0.5) is 4.39 Å². The van der Waals surface area contributed by atoms with Gasteiger partial charge in [0.1, 0.15) is 12.3 Å². The van der Waals surface area contributed by atoms with Gasteiger partial charge in [0.05, 0.1) is 6.10 Å². The molecule has 4 nitrogen and oxygen atoms in total. The third-order valence-electron chi connectivity index (χ3n) is 4.94. The van der Waals surface area contributed by atoms with Crippen molar-refractivity contribution in [1.29, 1.82) is 0 Å². The van der Waals surface area contributed by atoms with Crippen LogP contribution in [0.25, 0.3) is 0 Å². The first-order valence-corrected chi connectivity index (χ1v) is 9.51. The van der Waals surface area contributed by atoms with Gasteiger partial charge in [-0.1, -0.05) is 44.1 Å². The molecular weight excluding hydrogens is 323 g/mol. The monoisotopic (exact) mass is 356 g/mol. The Balaban J connectivity index is 2.43. The van der Waals surface area contributed by atoms with Gasteiger partial charge in [0.15, 0.2) is 0 Å². The molecule has 1 aliphatic carbocycles. The van der Waals surface area contributed by atoms with Crippen LogP contribution in [-0.4, -0.2) is 39.7 Å². The summed E-state index contributed by atoms with van der Waals surface area (Å²) in [7, 11) is 0. The van der Waals surface area contributed by atoms with Gasteiger partial charge in [-0.15, -0.1) is 0 Å². The highest BCUT2D eigenvalue weighted by Gasteiger charge is 2.32. The highest BCUT2D eigenvalue weighted by Crippen LogP contribution is 2.36. The molecule has 3 N–H and O–H groups in total. The first-order valence-electron chi connectivity index (χ1n) is 9.51. The summed E-state index contributed by atoms with van der Waals surface area (Å²) in [5.74, 6) is -0.562. The van der Waals surface area contributed by atoms with Gasteiger partial charge < -0.3 is 15.3 Å². The molecule has 1 unspecified atom stereocenters. The Morgan fingerprint density at radius 2 is 2.04 bits per heavy atom. The second-order valence-electron chi connectivity index (χ2n) is 7.00. The molecule has 5 atom stereocenters. The second-order valence-corrected chi connectivity index (χ2v) is 7.00. The molecule has 0 radical (unpaired) electrons. The first-order chi connectivity index (χ1) is 12.0. The molecule has 25 heavy (non-hydrogen) atoms. The highest BCUT2D eigenvalue weighted by atomic mass is 19.1. The molecule has 0 aliphatic heterocycles. The van der Waals surface area contributed by atoms with Crippen molar-refractivity contribution < 1.29 is 24.5 Å². The van der Waals surface area contributed by atoms with E-state index in [4.69, 9.17) is 5.11 Å². The smallest absolute Gasteiger partial charge is 0.303 e. The van der Waals surface area contributed by atoms with Crippen LogP contribution in [-0.2, 0) is 4.79 Å². The van der Waals surface area contributed by atoms with Crippen LogP contribution in [0, 0.1) is 11.8 Å². The summed E-state index contributed by atoms with van der Waals surface area (Å²) in [5, 5.41) is 28.6. The number of carboxylic acid groups (broad SMARTS) is 1. The number of hydrogen-bond acceptors (Lipinski definition) is 3. The lowest BCUT2D eigenvalue weighted by atomic mass is 9.90. The van der Waals surface area contributed by atoms with Crippen molar-refractivity contribution >= 4 is 5.97 Å². The Morgan fingerprint density at radius 3 is 2.72 bits per heavy atom. The molecule has 0 amide bonds. The van der Waals surface area contributed by atoms with Crippen molar-refractivity contribution in [2.24, 2.45) is 11.8 Å². The number of rotatable bonds is 12. The fourth-order valence-electron chi connectivity index (χ4n) is 3.34. The van der Waals surface area contributed by atoms with E-state index < -0.39 is 18.2 Å². The third-order valence-corrected chi connectivity index (χ3v) is 4.94. The average molecular weight is 356 g/mol. The summed E-state index contributed by atoms with van der Waals surface area (Å²) >= 11 is 0. The van der Waals surface area contributed by atoms with Crippen LogP contribution in [0.15, 0.2) is 24.3 Å². The number of aliphatic hydroxyl groups excluding tert-OH is 2. The lowest BCUT2D eigenvalue weighted by molar-refractivity contribution is -0.137. The standard InChI is InChI=1S/C20H33FO4/c1-2-3-9-17(21)19(23)14-12-15-11-13-18(22)16(15)8-6-4-5-7-10-20(24)25/h4,6,12,14-19,22-23H,2-3,5,7-11,13H2,1H3,(H,24,25)/t15-,16-,17?,18+,19-/m1/s1. The van der Waals surface area contributed by atoms with Crippen LogP contribution >= 0.6 is 0 Å². The number of aliphatic carboxylic acids is 1. The zero-order valence-electron chi connectivity index (χ0n) is 15.2. The number of halogens is 1. The Bertz CT molecular complexity index is 435. The summed E-state index contributed by atoms with van der Waals surface area (Å²) in [6.45, 7) is 1.99. The van der Waals surface area contributed by atoms with Crippen molar-refractivity contribution in [3.63, 3.8) is 0 Å². The van der Waals surface area contributed by atoms with E-state index in [9.17, 15) is 19.4 Å². The van der Waals surface area contributed by atoms with Gasteiger partial charge in [-0.3, -0.25) is 4.79 Å². The molecule has 0 saturated heterocycles. The quantitative estimate of drug-likeness (QED) is 0.364. The Kier molecular flexibility index (Phi) is 10.7. The van der Waals surface area contributed by atoms with Crippen molar-refractivity contribution in [2.75, 3.05) is 0 Å². The Labute approximate surface area is 150 Å². The Morgan fingerprint density at radius 1 is 1.28 bits per heavy atom. The summed E-state index contributed by atoms with van der Waals surface area (Å²) in [6, 6.07) is 0.